The molecule has 0 saturated carbocycles. The Hall–Kier alpha value is -1.84. The van der Waals surface area contributed by atoms with Crippen molar-refractivity contribution in [3.63, 3.8) is 0 Å². The van der Waals surface area contributed by atoms with E-state index in [-0.39, 0.29) is 17.7 Å². The molecule has 21 heavy (non-hydrogen) atoms. The molecule has 4 nitrogen and oxygen atoms in total. The van der Waals surface area contributed by atoms with Gasteiger partial charge in [-0.25, -0.2) is 0 Å². The zero-order valence-electron chi connectivity index (χ0n) is 13.5. The lowest BCUT2D eigenvalue weighted by Gasteiger charge is -2.40. The van der Waals surface area contributed by atoms with Gasteiger partial charge in [-0.3, -0.25) is 9.59 Å². The summed E-state index contributed by atoms with van der Waals surface area (Å²) >= 11 is 0. The van der Waals surface area contributed by atoms with Crippen LogP contribution in [0, 0.1) is 19.8 Å². The van der Waals surface area contributed by atoms with Crippen molar-refractivity contribution >= 4 is 17.5 Å². The SMILES string of the molecule is Cc1ccc(N2CCN(C(=O)C(C)C)[C@@H](C)C2=O)c(C)c1. The molecule has 0 aromatic heterocycles. The molecule has 1 saturated heterocycles. The number of carbonyl (C=O) groups is 2. The van der Waals surface area contributed by atoms with Gasteiger partial charge in [0.2, 0.25) is 11.8 Å². The molecule has 1 aromatic rings. The summed E-state index contributed by atoms with van der Waals surface area (Å²) in [5.41, 5.74) is 3.23. The number of nitrogens with zero attached hydrogens (tertiary/aromatic N) is 2. The van der Waals surface area contributed by atoms with E-state index in [2.05, 4.69) is 6.07 Å². The van der Waals surface area contributed by atoms with Crippen LogP contribution in [0.5, 0.6) is 0 Å². The molecule has 1 fully saturated rings. The fraction of sp³-hybridized carbons (Fsp3) is 0.529. The minimum Gasteiger partial charge on any atom is -0.329 e. The summed E-state index contributed by atoms with van der Waals surface area (Å²) in [5, 5.41) is 0. The van der Waals surface area contributed by atoms with Gasteiger partial charge >= 0.3 is 0 Å². The van der Waals surface area contributed by atoms with Gasteiger partial charge < -0.3 is 9.80 Å². The average molecular weight is 288 g/mol. The Labute approximate surface area is 126 Å². The Morgan fingerprint density at radius 2 is 1.90 bits per heavy atom. The summed E-state index contributed by atoms with van der Waals surface area (Å²) in [6.45, 7) is 10.8. The molecule has 0 radical (unpaired) electrons. The van der Waals surface area contributed by atoms with Crippen molar-refractivity contribution in [2.24, 2.45) is 5.92 Å². The minimum atomic E-state index is -0.394. The Balaban J connectivity index is 2.23. The second kappa shape index (κ2) is 5.88. The van der Waals surface area contributed by atoms with Gasteiger partial charge in [-0.15, -0.1) is 0 Å². The molecule has 1 atom stereocenters. The summed E-state index contributed by atoms with van der Waals surface area (Å²) in [4.78, 5) is 28.3. The summed E-state index contributed by atoms with van der Waals surface area (Å²) in [5.74, 6) is -0.0220. The largest absolute Gasteiger partial charge is 0.329 e. The van der Waals surface area contributed by atoms with E-state index in [4.69, 9.17) is 0 Å². The van der Waals surface area contributed by atoms with Crippen LogP contribution >= 0.6 is 0 Å². The van der Waals surface area contributed by atoms with E-state index >= 15 is 0 Å². The minimum absolute atomic E-state index is 0.00204. The van der Waals surface area contributed by atoms with Gasteiger partial charge in [0.15, 0.2) is 0 Å². The van der Waals surface area contributed by atoms with E-state index in [9.17, 15) is 9.59 Å². The van der Waals surface area contributed by atoms with Crippen molar-refractivity contribution in [3.8, 4) is 0 Å². The lowest BCUT2D eigenvalue weighted by molar-refractivity contribution is -0.143. The molecule has 0 aliphatic carbocycles. The highest BCUT2D eigenvalue weighted by Crippen LogP contribution is 2.25. The van der Waals surface area contributed by atoms with Gasteiger partial charge in [-0.2, -0.15) is 0 Å². The average Bonchev–Trinajstić information content (AvgIpc) is 2.42. The number of aryl methyl sites for hydroxylation is 2. The third-order valence-electron chi connectivity index (χ3n) is 4.08. The molecule has 1 aliphatic rings. The molecular formula is C17H24N2O2. The molecule has 4 heteroatoms. The molecule has 2 amide bonds. The quantitative estimate of drug-likeness (QED) is 0.839. The monoisotopic (exact) mass is 288 g/mol. The Morgan fingerprint density at radius 3 is 2.48 bits per heavy atom. The fourth-order valence-corrected chi connectivity index (χ4v) is 2.85. The van der Waals surface area contributed by atoms with Crippen LogP contribution in [-0.2, 0) is 9.59 Å². The Bertz CT molecular complexity index is 566. The third kappa shape index (κ3) is 2.94. The first kappa shape index (κ1) is 15.5. The number of amides is 2. The van der Waals surface area contributed by atoms with Gasteiger partial charge in [0, 0.05) is 24.7 Å². The molecule has 0 spiro atoms. The van der Waals surface area contributed by atoms with Crippen LogP contribution in [0.3, 0.4) is 0 Å². The molecular weight excluding hydrogens is 264 g/mol. The van der Waals surface area contributed by atoms with Crippen LogP contribution in [-0.4, -0.2) is 35.8 Å². The maximum Gasteiger partial charge on any atom is 0.249 e. The van der Waals surface area contributed by atoms with E-state index in [1.54, 1.807) is 4.90 Å². The number of benzene rings is 1. The maximum absolute atomic E-state index is 12.6. The number of hydrogen-bond donors (Lipinski definition) is 0. The molecule has 0 bridgehead atoms. The van der Waals surface area contributed by atoms with Crippen LogP contribution in [0.4, 0.5) is 5.69 Å². The van der Waals surface area contributed by atoms with Crippen molar-refractivity contribution in [1.29, 1.82) is 0 Å². The van der Waals surface area contributed by atoms with Crippen LogP contribution in [0.2, 0.25) is 0 Å². The van der Waals surface area contributed by atoms with Gasteiger partial charge in [0.1, 0.15) is 6.04 Å². The topological polar surface area (TPSA) is 40.6 Å². The fourth-order valence-electron chi connectivity index (χ4n) is 2.85. The number of rotatable bonds is 2. The van der Waals surface area contributed by atoms with Crippen molar-refractivity contribution in [2.75, 3.05) is 18.0 Å². The van der Waals surface area contributed by atoms with Crippen LogP contribution in [0.15, 0.2) is 18.2 Å². The Kier molecular flexibility index (Phi) is 4.35. The Morgan fingerprint density at radius 1 is 1.24 bits per heavy atom. The zero-order valence-corrected chi connectivity index (χ0v) is 13.5. The highest BCUT2D eigenvalue weighted by molar-refractivity contribution is 6.00. The molecule has 114 valence electrons. The van der Waals surface area contributed by atoms with Gasteiger partial charge in [0.05, 0.1) is 0 Å². The second-order valence-electron chi connectivity index (χ2n) is 6.14. The first-order valence-electron chi connectivity index (χ1n) is 7.52. The van der Waals surface area contributed by atoms with Crippen LogP contribution in [0.1, 0.15) is 31.9 Å². The van der Waals surface area contributed by atoms with Gasteiger partial charge in [-0.05, 0) is 32.4 Å². The zero-order chi connectivity index (χ0) is 15.7. The predicted molar refractivity (Wildman–Crippen MR) is 84.3 cm³/mol. The van der Waals surface area contributed by atoms with Crippen molar-refractivity contribution in [2.45, 2.75) is 40.7 Å². The van der Waals surface area contributed by atoms with Crippen LogP contribution in [0.25, 0.3) is 0 Å². The molecule has 0 unspecified atom stereocenters. The van der Waals surface area contributed by atoms with Gasteiger partial charge in [-0.1, -0.05) is 31.5 Å². The van der Waals surface area contributed by atoms with E-state index in [0.717, 1.165) is 11.3 Å². The molecule has 0 N–H and O–H groups in total. The summed E-state index contributed by atoms with van der Waals surface area (Å²) in [7, 11) is 0. The standard InChI is InChI=1S/C17H24N2O2/c1-11(2)16(20)18-8-9-19(17(21)14(18)5)15-7-6-12(3)10-13(15)4/h6-7,10-11,14H,8-9H2,1-5H3/t14-/m0/s1. The third-order valence-corrected chi connectivity index (χ3v) is 4.08. The van der Waals surface area contributed by atoms with Gasteiger partial charge in [0.25, 0.3) is 0 Å². The highest BCUT2D eigenvalue weighted by Gasteiger charge is 2.35. The lowest BCUT2D eigenvalue weighted by atomic mass is 10.1. The first-order chi connectivity index (χ1) is 9.82. The molecule has 2 rings (SSSR count). The van der Waals surface area contributed by atoms with E-state index in [1.165, 1.54) is 5.56 Å². The second-order valence-corrected chi connectivity index (χ2v) is 6.14. The van der Waals surface area contributed by atoms with E-state index < -0.39 is 6.04 Å². The summed E-state index contributed by atoms with van der Waals surface area (Å²) in [6.07, 6.45) is 0. The number of hydrogen-bond acceptors (Lipinski definition) is 2. The predicted octanol–water partition coefficient (Wildman–Crippen LogP) is 2.52. The van der Waals surface area contributed by atoms with Crippen molar-refractivity contribution in [3.05, 3.63) is 29.3 Å². The number of piperazine rings is 1. The molecule has 1 aromatic carbocycles. The normalized spacial score (nSPS) is 19.3. The summed E-state index contributed by atoms with van der Waals surface area (Å²) < 4.78 is 0. The van der Waals surface area contributed by atoms with Crippen molar-refractivity contribution in [1.82, 2.24) is 4.90 Å². The molecule has 1 heterocycles. The number of anilines is 1. The first-order valence-corrected chi connectivity index (χ1v) is 7.52. The maximum atomic E-state index is 12.6. The summed E-state index contributed by atoms with van der Waals surface area (Å²) in [6, 6.07) is 5.70. The van der Waals surface area contributed by atoms with E-state index in [1.807, 2.05) is 51.7 Å². The smallest absolute Gasteiger partial charge is 0.249 e. The highest BCUT2D eigenvalue weighted by atomic mass is 16.2. The van der Waals surface area contributed by atoms with Crippen LogP contribution < -0.4 is 4.90 Å². The van der Waals surface area contributed by atoms with Crippen molar-refractivity contribution < 1.29 is 9.59 Å². The van der Waals surface area contributed by atoms with E-state index in [0.29, 0.717) is 13.1 Å². The lowest BCUT2D eigenvalue weighted by Crippen LogP contribution is -2.58. The molecule has 1 aliphatic heterocycles. The number of carbonyl (C=O) groups excluding carboxylic acids is 2.